The SMILES string of the molecule is Nc1ccc(Oc2ccc(Oc3ccc(N)cc3C(F)(F)F)c3c2C2c4ccccc4C3c3ccccc32)c(C(F)(F)F)c1. The van der Waals surface area contributed by atoms with Gasteiger partial charge in [-0.25, -0.2) is 0 Å². The Morgan fingerprint density at radius 3 is 1.09 bits per heavy atom. The average Bonchev–Trinajstić information content (AvgIpc) is 2.98. The van der Waals surface area contributed by atoms with Crippen LogP contribution in [0.3, 0.4) is 0 Å². The van der Waals surface area contributed by atoms with Crippen LogP contribution in [-0.4, -0.2) is 0 Å². The van der Waals surface area contributed by atoms with E-state index in [9.17, 15) is 26.3 Å². The molecule has 0 aliphatic heterocycles. The molecule has 0 aromatic heterocycles. The Labute approximate surface area is 247 Å². The van der Waals surface area contributed by atoms with Crippen LogP contribution in [0.25, 0.3) is 0 Å². The van der Waals surface area contributed by atoms with E-state index in [2.05, 4.69) is 0 Å². The molecule has 0 saturated heterocycles. The second-order valence-electron chi connectivity index (χ2n) is 10.7. The Kier molecular flexibility index (Phi) is 6.11. The molecule has 0 fully saturated rings. The molecule has 0 radical (unpaired) electrons. The molecule has 0 amide bonds. The van der Waals surface area contributed by atoms with E-state index in [4.69, 9.17) is 20.9 Å². The van der Waals surface area contributed by atoms with Crippen molar-refractivity contribution in [3.05, 3.63) is 142 Å². The van der Waals surface area contributed by atoms with Gasteiger partial charge in [-0.2, -0.15) is 26.3 Å². The molecular weight excluding hydrogens is 582 g/mol. The number of nitrogens with two attached hydrogens (primary N) is 2. The molecule has 0 unspecified atom stereocenters. The van der Waals surface area contributed by atoms with Crippen molar-refractivity contribution >= 4 is 11.4 Å². The molecule has 44 heavy (non-hydrogen) atoms. The summed E-state index contributed by atoms with van der Waals surface area (Å²) >= 11 is 0. The fraction of sp³-hybridized carbons (Fsp3) is 0.118. The van der Waals surface area contributed by atoms with Gasteiger partial charge >= 0.3 is 12.4 Å². The third-order valence-electron chi connectivity index (χ3n) is 8.08. The summed E-state index contributed by atoms with van der Waals surface area (Å²) in [5.74, 6) is -1.65. The minimum Gasteiger partial charge on any atom is -0.456 e. The Bertz CT molecular complexity index is 1760. The summed E-state index contributed by atoms with van der Waals surface area (Å²) in [4.78, 5) is 0. The second kappa shape index (κ2) is 9.70. The summed E-state index contributed by atoms with van der Waals surface area (Å²) < 4.78 is 96.2. The molecule has 4 nitrogen and oxygen atoms in total. The summed E-state index contributed by atoms with van der Waals surface area (Å²) in [6.45, 7) is 0. The Hall–Kier alpha value is -5.12. The van der Waals surface area contributed by atoms with Crippen molar-refractivity contribution in [2.45, 2.75) is 24.2 Å². The van der Waals surface area contributed by atoms with Gasteiger partial charge in [-0.05, 0) is 70.8 Å². The molecule has 5 aromatic rings. The van der Waals surface area contributed by atoms with E-state index in [0.717, 1.165) is 46.5 Å². The number of rotatable bonds is 4. The molecule has 0 spiro atoms. The third kappa shape index (κ3) is 4.40. The van der Waals surface area contributed by atoms with E-state index in [1.807, 2.05) is 48.5 Å². The minimum absolute atomic E-state index is 0.0821. The molecule has 10 heteroatoms. The first-order chi connectivity index (χ1) is 20.9. The van der Waals surface area contributed by atoms with Crippen LogP contribution in [0.5, 0.6) is 23.0 Å². The van der Waals surface area contributed by atoms with E-state index in [-0.39, 0.29) is 22.9 Å². The first kappa shape index (κ1) is 27.7. The molecule has 0 atom stereocenters. The molecule has 2 bridgehead atoms. The van der Waals surface area contributed by atoms with Crippen LogP contribution >= 0.6 is 0 Å². The van der Waals surface area contributed by atoms with Crippen molar-refractivity contribution in [2.75, 3.05) is 11.5 Å². The van der Waals surface area contributed by atoms with Gasteiger partial charge in [0, 0.05) is 34.3 Å². The van der Waals surface area contributed by atoms with Gasteiger partial charge in [0.25, 0.3) is 0 Å². The smallest absolute Gasteiger partial charge is 0.420 e. The number of ether oxygens (including phenoxy) is 2. The summed E-state index contributed by atoms with van der Waals surface area (Å²) in [5.41, 5.74) is 13.8. The van der Waals surface area contributed by atoms with Crippen LogP contribution in [0.15, 0.2) is 97.1 Å². The molecule has 3 aliphatic carbocycles. The summed E-state index contributed by atoms with van der Waals surface area (Å²) in [7, 11) is 0. The van der Waals surface area contributed by atoms with E-state index in [0.29, 0.717) is 11.1 Å². The van der Waals surface area contributed by atoms with Crippen molar-refractivity contribution < 1.29 is 35.8 Å². The van der Waals surface area contributed by atoms with E-state index in [1.54, 1.807) is 0 Å². The molecule has 5 aromatic carbocycles. The van der Waals surface area contributed by atoms with E-state index >= 15 is 0 Å². The van der Waals surface area contributed by atoms with Crippen LogP contribution in [0.4, 0.5) is 37.7 Å². The van der Waals surface area contributed by atoms with Gasteiger partial charge in [0.15, 0.2) is 0 Å². The maximum Gasteiger partial charge on any atom is 0.420 e. The predicted molar refractivity (Wildman–Crippen MR) is 153 cm³/mol. The maximum atomic E-state index is 14.0. The Balaban J connectivity index is 1.47. The number of nitrogen functional groups attached to an aromatic ring is 2. The lowest BCUT2D eigenvalue weighted by Gasteiger charge is -2.43. The highest BCUT2D eigenvalue weighted by atomic mass is 19.4. The number of alkyl halides is 6. The summed E-state index contributed by atoms with van der Waals surface area (Å²) in [6, 6.07) is 24.6. The van der Waals surface area contributed by atoms with Crippen LogP contribution in [0.2, 0.25) is 0 Å². The largest absolute Gasteiger partial charge is 0.456 e. The highest BCUT2D eigenvalue weighted by molar-refractivity contribution is 5.74. The zero-order valence-electron chi connectivity index (χ0n) is 22.6. The average molecular weight is 605 g/mol. The van der Waals surface area contributed by atoms with Gasteiger partial charge in [0.2, 0.25) is 0 Å². The molecule has 4 N–H and O–H groups in total. The topological polar surface area (TPSA) is 70.5 Å². The van der Waals surface area contributed by atoms with Crippen LogP contribution in [0.1, 0.15) is 56.3 Å². The quantitative estimate of drug-likeness (QED) is 0.155. The fourth-order valence-corrected chi connectivity index (χ4v) is 6.35. The monoisotopic (exact) mass is 604 g/mol. The van der Waals surface area contributed by atoms with Crippen molar-refractivity contribution in [1.82, 2.24) is 0 Å². The van der Waals surface area contributed by atoms with Gasteiger partial charge in [-0.15, -0.1) is 0 Å². The highest BCUT2D eigenvalue weighted by Gasteiger charge is 2.45. The normalized spacial score (nSPS) is 16.6. The van der Waals surface area contributed by atoms with Crippen molar-refractivity contribution in [2.24, 2.45) is 0 Å². The van der Waals surface area contributed by atoms with Crippen LogP contribution < -0.4 is 20.9 Å². The zero-order valence-corrected chi connectivity index (χ0v) is 22.6. The molecule has 0 saturated carbocycles. The third-order valence-corrected chi connectivity index (χ3v) is 8.08. The number of benzene rings is 5. The lowest BCUT2D eigenvalue weighted by molar-refractivity contribution is -0.139. The Morgan fingerprint density at radius 1 is 0.455 bits per heavy atom. The van der Waals surface area contributed by atoms with Crippen molar-refractivity contribution in [3.8, 4) is 23.0 Å². The number of halogens is 6. The van der Waals surface area contributed by atoms with E-state index < -0.39 is 46.8 Å². The second-order valence-corrected chi connectivity index (χ2v) is 10.7. The van der Waals surface area contributed by atoms with Crippen molar-refractivity contribution in [1.29, 1.82) is 0 Å². The van der Waals surface area contributed by atoms with Gasteiger partial charge < -0.3 is 20.9 Å². The highest BCUT2D eigenvalue weighted by Crippen LogP contribution is 2.61. The molecule has 0 heterocycles. The van der Waals surface area contributed by atoms with Gasteiger partial charge in [-0.1, -0.05) is 48.5 Å². The fourth-order valence-electron chi connectivity index (χ4n) is 6.35. The molecule has 8 rings (SSSR count). The van der Waals surface area contributed by atoms with Gasteiger partial charge in [0.1, 0.15) is 34.1 Å². The number of hydrogen-bond donors (Lipinski definition) is 2. The summed E-state index contributed by atoms with van der Waals surface area (Å²) in [5, 5.41) is 0. The van der Waals surface area contributed by atoms with Crippen LogP contribution in [-0.2, 0) is 12.4 Å². The van der Waals surface area contributed by atoms with Gasteiger partial charge in [0.05, 0.1) is 0 Å². The number of hydrogen-bond acceptors (Lipinski definition) is 4. The molecule has 222 valence electrons. The zero-order chi connectivity index (χ0) is 31.0. The first-order valence-corrected chi connectivity index (χ1v) is 13.6. The first-order valence-electron chi connectivity index (χ1n) is 13.6. The summed E-state index contributed by atoms with van der Waals surface area (Å²) in [6.07, 6.45) is -9.51. The maximum absolute atomic E-state index is 14.0. The van der Waals surface area contributed by atoms with Gasteiger partial charge in [-0.3, -0.25) is 0 Å². The Morgan fingerprint density at radius 2 is 0.773 bits per heavy atom. The number of anilines is 2. The predicted octanol–water partition coefficient (Wildman–Crippen LogP) is 9.46. The molecule has 3 aliphatic rings. The van der Waals surface area contributed by atoms with Crippen molar-refractivity contribution in [3.63, 3.8) is 0 Å². The molecular formula is C34H22F6N2O2. The lowest BCUT2D eigenvalue weighted by atomic mass is 9.60. The minimum atomic E-state index is -4.75. The standard InChI is InChI=1S/C34H22F6N2O2/c35-33(36,37)23-15-17(41)9-11-25(23)43-27-13-14-28(44-26-12-10-18(42)16-24(26)34(38,39)40)32-30-20-6-2-1-5-19(20)29(31(27)32)21-7-3-4-8-22(21)30/h1-16,29-30H,41-42H2. The lowest BCUT2D eigenvalue weighted by Crippen LogP contribution is -2.28. The van der Waals surface area contributed by atoms with Crippen LogP contribution in [0, 0.1) is 0 Å². The van der Waals surface area contributed by atoms with E-state index in [1.165, 1.54) is 24.3 Å².